The molecule has 33 heavy (non-hydrogen) atoms. The molecule has 2 N–H and O–H groups in total. The molecule has 2 aromatic rings. The molecule has 1 unspecified atom stereocenters. The molecule has 2 aliphatic rings. The van der Waals surface area contributed by atoms with Crippen molar-refractivity contribution in [2.45, 2.75) is 12.5 Å². The Balaban J connectivity index is 1.92. The normalized spacial score (nSPS) is 22.9. The summed E-state index contributed by atoms with van der Waals surface area (Å²) in [6.07, 6.45) is 2.21. The van der Waals surface area contributed by atoms with Gasteiger partial charge in [-0.2, -0.15) is 0 Å². The van der Waals surface area contributed by atoms with E-state index in [-0.39, 0.29) is 22.5 Å². The van der Waals surface area contributed by atoms with Gasteiger partial charge in [0.2, 0.25) is 0 Å². The maximum atomic E-state index is 13.8. The van der Waals surface area contributed by atoms with E-state index >= 15 is 0 Å². The van der Waals surface area contributed by atoms with Crippen LogP contribution in [-0.2, 0) is 19.1 Å². The molecule has 0 saturated carbocycles. The quantitative estimate of drug-likeness (QED) is 0.619. The predicted molar refractivity (Wildman–Crippen MR) is 121 cm³/mol. The first-order valence-electron chi connectivity index (χ1n) is 10.2. The molecular formula is C22H22ClFN4O4S. The minimum Gasteiger partial charge on any atom is -0.469 e. The highest BCUT2D eigenvalue weighted by Crippen LogP contribution is 2.40. The summed E-state index contributed by atoms with van der Waals surface area (Å²) < 4.78 is 23.9. The van der Waals surface area contributed by atoms with Gasteiger partial charge in [-0.3, -0.25) is 9.79 Å². The van der Waals surface area contributed by atoms with Crippen molar-refractivity contribution in [3.8, 4) is 0 Å². The number of esters is 2. The molecule has 0 spiro atoms. The van der Waals surface area contributed by atoms with Crippen LogP contribution in [0.3, 0.4) is 0 Å². The van der Waals surface area contributed by atoms with E-state index in [4.69, 9.17) is 26.1 Å². The van der Waals surface area contributed by atoms with E-state index in [0.717, 1.165) is 0 Å². The van der Waals surface area contributed by atoms with E-state index in [1.165, 1.54) is 43.8 Å². The zero-order valence-corrected chi connectivity index (χ0v) is 19.5. The molecule has 11 heteroatoms. The summed E-state index contributed by atoms with van der Waals surface area (Å²) in [6.45, 7) is 1.03. The second-order valence-electron chi connectivity index (χ2n) is 7.56. The fourth-order valence-corrected chi connectivity index (χ4v) is 5.05. The summed E-state index contributed by atoms with van der Waals surface area (Å²) in [4.78, 5) is 34.7. The molecule has 174 valence electrons. The number of piperidine rings is 1. The molecule has 1 aromatic carbocycles. The third-order valence-electron chi connectivity index (χ3n) is 5.73. The van der Waals surface area contributed by atoms with Crippen LogP contribution < -0.4 is 10.6 Å². The van der Waals surface area contributed by atoms with Crippen molar-refractivity contribution in [3.63, 3.8) is 0 Å². The van der Waals surface area contributed by atoms with E-state index < -0.39 is 23.7 Å². The first-order chi connectivity index (χ1) is 15.9. The number of benzene rings is 1. The smallest absolute Gasteiger partial charge is 0.338 e. The zero-order valence-electron chi connectivity index (χ0n) is 17.9. The number of carbonyl (C=O) groups excluding carboxylic acids is 2. The number of rotatable bonds is 5. The first kappa shape index (κ1) is 23.3. The Bertz CT molecular complexity index is 1120. The van der Waals surface area contributed by atoms with Crippen LogP contribution in [0, 0.1) is 17.7 Å². The van der Waals surface area contributed by atoms with Crippen molar-refractivity contribution in [1.29, 1.82) is 0 Å². The maximum Gasteiger partial charge on any atom is 0.338 e. The second kappa shape index (κ2) is 9.98. The van der Waals surface area contributed by atoms with Crippen LogP contribution in [-0.4, -0.2) is 50.1 Å². The Labute approximate surface area is 198 Å². The van der Waals surface area contributed by atoms with Gasteiger partial charge in [0.15, 0.2) is 10.8 Å². The van der Waals surface area contributed by atoms with Crippen molar-refractivity contribution in [2.24, 2.45) is 16.8 Å². The predicted octanol–water partition coefficient (Wildman–Crippen LogP) is 2.85. The Morgan fingerprint density at radius 1 is 1.27 bits per heavy atom. The number of thiazole rings is 1. The molecule has 1 aromatic heterocycles. The highest BCUT2D eigenvalue weighted by molar-refractivity contribution is 7.11. The monoisotopic (exact) mass is 492 g/mol. The van der Waals surface area contributed by atoms with Crippen molar-refractivity contribution >= 4 is 40.7 Å². The van der Waals surface area contributed by atoms with Gasteiger partial charge < -0.3 is 20.1 Å². The average Bonchev–Trinajstić information content (AvgIpc) is 3.37. The van der Waals surface area contributed by atoms with Crippen LogP contribution in [0.1, 0.15) is 23.0 Å². The first-order valence-corrected chi connectivity index (χ1v) is 11.5. The lowest BCUT2D eigenvalue weighted by molar-refractivity contribution is -0.147. The van der Waals surface area contributed by atoms with Gasteiger partial charge >= 0.3 is 11.9 Å². The molecule has 2 aliphatic heterocycles. The van der Waals surface area contributed by atoms with E-state index in [0.29, 0.717) is 41.6 Å². The highest BCUT2D eigenvalue weighted by Gasteiger charge is 2.42. The van der Waals surface area contributed by atoms with Gasteiger partial charge in [-0.15, -0.1) is 11.3 Å². The Morgan fingerprint density at radius 2 is 2.09 bits per heavy atom. The molecule has 0 radical (unpaired) electrons. The van der Waals surface area contributed by atoms with Crippen LogP contribution in [0.5, 0.6) is 0 Å². The number of ether oxygens (including phenoxy) is 2. The van der Waals surface area contributed by atoms with Crippen LogP contribution in [0.4, 0.5) is 4.39 Å². The third kappa shape index (κ3) is 4.64. The van der Waals surface area contributed by atoms with Crippen molar-refractivity contribution < 1.29 is 23.5 Å². The summed E-state index contributed by atoms with van der Waals surface area (Å²) in [6, 6.07) is 3.05. The van der Waals surface area contributed by atoms with Crippen molar-refractivity contribution in [1.82, 2.24) is 15.6 Å². The average molecular weight is 493 g/mol. The Hall–Kier alpha value is -2.82. The van der Waals surface area contributed by atoms with Gasteiger partial charge in [-0.05, 0) is 25.1 Å². The number of hydrogen-bond acceptors (Lipinski definition) is 9. The largest absolute Gasteiger partial charge is 0.469 e. The fourth-order valence-electron chi connectivity index (χ4n) is 4.19. The molecule has 3 atom stereocenters. The maximum absolute atomic E-state index is 13.8. The summed E-state index contributed by atoms with van der Waals surface area (Å²) >= 11 is 7.75. The number of aliphatic imine (C=N–C) groups is 1. The SMILES string of the molecule is COC(=O)C1=C([C@H]2CCNC[C@H]2C(=O)OC)NC(c2nccs2)=NC1c1ccc(F)cc1Cl. The fraction of sp³-hybridized carbons (Fsp3) is 0.364. The number of methoxy groups -OCH3 is 2. The minimum absolute atomic E-state index is 0.125. The van der Waals surface area contributed by atoms with Crippen LogP contribution >= 0.6 is 22.9 Å². The second-order valence-corrected chi connectivity index (χ2v) is 8.86. The number of halogens is 2. The molecule has 4 rings (SSSR count). The van der Waals surface area contributed by atoms with Crippen LogP contribution in [0.2, 0.25) is 5.02 Å². The molecule has 1 fully saturated rings. The molecule has 0 bridgehead atoms. The number of amidine groups is 1. The number of carbonyl (C=O) groups is 2. The highest BCUT2D eigenvalue weighted by atomic mass is 35.5. The number of nitrogens with one attached hydrogen (secondary N) is 2. The van der Waals surface area contributed by atoms with Gasteiger partial charge in [0.05, 0.1) is 25.7 Å². The van der Waals surface area contributed by atoms with Gasteiger partial charge in [0.1, 0.15) is 11.9 Å². The summed E-state index contributed by atoms with van der Waals surface area (Å²) in [5.41, 5.74) is 1.16. The zero-order chi connectivity index (χ0) is 23.5. The Kier molecular flexibility index (Phi) is 7.06. The van der Waals surface area contributed by atoms with E-state index in [2.05, 4.69) is 15.6 Å². The van der Waals surface area contributed by atoms with Gasteiger partial charge in [-0.1, -0.05) is 17.7 Å². The minimum atomic E-state index is -0.881. The molecule has 3 heterocycles. The topological polar surface area (TPSA) is 102 Å². The molecule has 0 aliphatic carbocycles. The van der Waals surface area contributed by atoms with Gasteiger partial charge in [0.25, 0.3) is 0 Å². The van der Waals surface area contributed by atoms with Gasteiger partial charge in [-0.25, -0.2) is 14.2 Å². The lowest BCUT2D eigenvalue weighted by atomic mass is 9.79. The third-order valence-corrected chi connectivity index (χ3v) is 6.84. The van der Waals surface area contributed by atoms with Crippen LogP contribution in [0.15, 0.2) is 46.0 Å². The number of hydrogen-bond donors (Lipinski definition) is 2. The van der Waals surface area contributed by atoms with E-state index in [9.17, 15) is 14.0 Å². The van der Waals surface area contributed by atoms with Crippen LogP contribution in [0.25, 0.3) is 0 Å². The summed E-state index contributed by atoms with van der Waals surface area (Å²) in [5, 5.41) is 8.99. The van der Waals surface area contributed by atoms with Crippen molar-refractivity contribution in [3.05, 3.63) is 62.5 Å². The number of nitrogens with zero attached hydrogens (tertiary/aromatic N) is 2. The standard InChI is InChI=1S/C22H22ClFN4O4S/c1-31-21(29)14-10-25-6-5-12(14)17-16(22(30)32-2)18(13-4-3-11(24)9-15(13)23)28-19(27-17)20-26-7-8-33-20/h3-4,7-9,12,14,18,25H,5-6,10H2,1-2H3,(H,27,28)/t12-,14+,18?/m0/s1. The molecular weight excluding hydrogens is 471 g/mol. The summed E-state index contributed by atoms with van der Waals surface area (Å²) in [5.74, 6) is -1.99. The molecule has 8 nitrogen and oxygen atoms in total. The number of aromatic nitrogens is 1. The lowest BCUT2D eigenvalue weighted by Crippen LogP contribution is -2.47. The molecule has 1 saturated heterocycles. The summed E-state index contributed by atoms with van der Waals surface area (Å²) in [7, 11) is 2.61. The van der Waals surface area contributed by atoms with Crippen molar-refractivity contribution in [2.75, 3.05) is 27.3 Å². The Morgan fingerprint density at radius 3 is 2.76 bits per heavy atom. The van der Waals surface area contributed by atoms with E-state index in [1.807, 2.05) is 0 Å². The number of allylic oxidation sites excluding steroid dienone is 1. The van der Waals surface area contributed by atoms with Gasteiger partial charge in [0, 0.05) is 40.3 Å². The molecule has 0 amide bonds. The lowest BCUT2D eigenvalue weighted by Gasteiger charge is -2.36. The van der Waals surface area contributed by atoms with E-state index in [1.54, 1.807) is 11.6 Å².